The minimum Gasteiger partial charge on any atom is -0.314 e. The number of hydrogen-bond acceptors (Lipinski definition) is 2. The van der Waals surface area contributed by atoms with E-state index in [9.17, 15) is 10.1 Å². The molecule has 3 heteroatoms. The number of nitriles is 1. The van der Waals surface area contributed by atoms with Crippen LogP contribution in [-0.2, 0) is 11.2 Å². The van der Waals surface area contributed by atoms with Gasteiger partial charge in [-0.15, -0.1) is 0 Å². The number of amides is 1. The van der Waals surface area contributed by atoms with Crippen molar-refractivity contribution in [2.24, 2.45) is 5.41 Å². The topological polar surface area (TPSA) is 44.1 Å². The van der Waals surface area contributed by atoms with Crippen LogP contribution in [0, 0.1) is 16.7 Å². The fourth-order valence-electron chi connectivity index (χ4n) is 2.52. The molecule has 1 fully saturated rings. The number of benzene rings is 1. The fraction of sp³-hybridized carbons (Fsp3) is 0.500. The third-order valence-electron chi connectivity index (χ3n) is 4.00. The molecule has 0 saturated heterocycles. The minimum absolute atomic E-state index is 0.0653. The smallest absolute Gasteiger partial charge is 0.247 e. The van der Waals surface area contributed by atoms with Crippen LogP contribution in [0.15, 0.2) is 24.3 Å². The quantitative estimate of drug-likeness (QED) is 0.829. The summed E-state index contributed by atoms with van der Waals surface area (Å²) in [5.74, 6) is -0.0653. The minimum atomic E-state index is -0.767. The first-order valence-corrected chi connectivity index (χ1v) is 6.91. The van der Waals surface area contributed by atoms with Crippen LogP contribution >= 0.6 is 0 Å². The molecule has 0 unspecified atom stereocenters. The molecule has 0 aromatic heterocycles. The number of carbonyl (C=O) groups is 1. The zero-order valence-electron chi connectivity index (χ0n) is 11.6. The second-order valence-electron chi connectivity index (χ2n) is 5.33. The van der Waals surface area contributed by atoms with Crippen LogP contribution in [0.1, 0.15) is 38.2 Å². The Morgan fingerprint density at radius 1 is 1.37 bits per heavy atom. The van der Waals surface area contributed by atoms with Gasteiger partial charge in [0.2, 0.25) is 5.91 Å². The maximum Gasteiger partial charge on any atom is 0.247 e. The summed E-state index contributed by atoms with van der Waals surface area (Å²) in [6.45, 7) is 2.15. The van der Waals surface area contributed by atoms with Crippen LogP contribution in [0.3, 0.4) is 0 Å². The van der Waals surface area contributed by atoms with Crippen molar-refractivity contribution >= 4 is 11.6 Å². The number of anilines is 1. The molecule has 1 aliphatic rings. The van der Waals surface area contributed by atoms with Gasteiger partial charge in [-0.3, -0.25) is 4.79 Å². The van der Waals surface area contributed by atoms with Crippen molar-refractivity contribution in [1.82, 2.24) is 0 Å². The first-order chi connectivity index (χ1) is 9.13. The van der Waals surface area contributed by atoms with Crippen molar-refractivity contribution in [1.29, 1.82) is 5.26 Å². The lowest BCUT2D eigenvalue weighted by molar-refractivity contribution is -0.128. The van der Waals surface area contributed by atoms with Crippen molar-refractivity contribution in [3.8, 4) is 6.07 Å². The molecule has 0 N–H and O–H groups in total. The van der Waals surface area contributed by atoms with E-state index in [1.807, 2.05) is 12.1 Å². The Labute approximate surface area is 114 Å². The first kappa shape index (κ1) is 13.6. The molecule has 1 aliphatic carbocycles. The molecule has 19 heavy (non-hydrogen) atoms. The van der Waals surface area contributed by atoms with Gasteiger partial charge in [0, 0.05) is 12.7 Å². The highest BCUT2D eigenvalue weighted by molar-refractivity contribution is 5.99. The molecule has 0 atom stereocenters. The summed E-state index contributed by atoms with van der Waals surface area (Å²) >= 11 is 0. The Hall–Kier alpha value is -1.82. The SMILES string of the molecule is CCCc1ccc(N(C)C(=O)C2(C#N)CCC2)cc1. The average Bonchev–Trinajstić information content (AvgIpc) is 2.38. The van der Waals surface area contributed by atoms with Gasteiger partial charge < -0.3 is 4.90 Å². The summed E-state index contributed by atoms with van der Waals surface area (Å²) in [7, 11) is 1.76. The Morgan fingerprint density at radius 3 is 2.42 bits per heavy atom. The highest BCUT2D eigenvalue weighted by atomic mass is 16.2. The van der Waals surface area contributed by atoms with Crippen LogP contribution < -0.4 is 4.90 Å². The molecule has 100 valence electrons. The number of nitrogens with zero attached hydrogens (tertiary/aromatic N) is 2. The van der Waals surface area contributed by atoms with Gasteiger partial charge in [-0.05, 0) is 43.4 Å². The second kappa shape index (κ2) is 5.44. The molecule has 1 aromatic carbocycles. The summed E-state index contributed by atoms with van der Waals surface area (Å²) in [6, 6.07) is 10.3. The van der Waals surface area contributed by atoms with Crippen molar-refractivity contribution in [2.75, 3.05) is 11.9 Å². The van der Waals surface area contributed by atoms with Gasteiger partial charge in [-0.2, -0.15) is 5.26 Å². The lowest BCUT2D eigenvalue weighted by Gasteiger charge is -2.36. The fourth-order valence-corrected chi connectivity index (χ4v) is 2.52. The molecule has 0 radical (unpaired) electrons. The van der Waals surface area contributed by atoms with E-state index < -0.39 is 5.41 Å². The normalized spacial score (nSPS) is 16.3. The van der Waals surface area contributed by atoms with E-state index in [0.717, 1.165) is 24.9 Å². The maximum absolute atomic E-state index is 12.4. The van der Waals surface area contributed by atoms with Crippen molar-refractivity contribution in [3.05, 3.63) is 29.8 Å². The largest absolute Gasteiger partial charge is 0.314 e. The number of aryl methyl sites for hydroxylation is 1. The zero-order chi connectivity index (χ0) is 13.9. The van der Waals surface area contributed by atoms with E-state index in [0.29, 0.717) is 12.8 Å². The van der Waals surface area contributed by atoms with E-state index in [2.05, 4.69) is 25.1 Å². The van der Waals surface area contributed by atoms with E-state index >= 15 is 0 Å². The van der Waals surface area contributed by atoms with Gasteiger partial charge in [-0.25, -0.2) is 0 Å². The maximum atomic E-state index is 12.4. The van der Waals surface area contributed by atoms with Gasteiger partial charge in [-0.1, -0.05) is 25.5 Å². The molecule has 1 aromatic rings. The van der Waals surface area contributed by atoms with Crippen molar-refractivity contribution in [2.45, 2.75) is 39.0 Å². The molecule has 0 aliphatic heterocycles. The molecule has 0 bridgehead atoms. The third-order valence-corrected chi connectivity index (χ3v) is 4.00. The molecule has 3 nitrogen and oxygen atoms in total. The molecule has 1 amide bonds. The van der Waals surface area contributed by atoms with E-state index in [-0.39, 0.29) is 5.91 Å². The number of carbonyl (C=O) groups excluding carboxylic acids is 1. The standard InChI is InChI=1S/C16H20N2O/c1-3-5-13-6-8-14(9-7-13)18(2)15(19)16(12-17)10-4-11-16/h6-9H,3-5,10-11H2,1-2H3. The zero-order valence-corrected chi connectivity index (χ0v) is 11.6. The molecule has 0 spiro atoms. The predicted molar refractivity (Wildman–Crippen MR) is 75.7 cm³/mol. The van der Waals surface area contributed by atoms with Crippen molar-refractivity contribution in [3.63, 3.8) is 0 Å². The van der Waals surface area contributed by atoms with Gasteiger partial charge in [0.05, 0.1) is 6.07 Å². The molecule has 1 saturated carbocycles. The summed E-state index contributed by atoms with van der Waals surface area (Å²) < 4.78 is 0. The van der Waals surface area contributed by atoms with Crippen LogP contribution in [0.25, 0.3) is 0 Å². The van der Waals surface area contributed by atoms with Gasteiger partial charge >= 0.3 is 0 Å². The summed E-state index contributed by atoms with van der Waals surface area (Å²) in [5.41, 5.74) is 1.38. The van der Waals surface area contributed by atoms with Crippen LogP contribution in [0.2, 0.25) is 0 Å². The van der Waals surface area contributed by atoms with Crippen LogP contribution in [0.5, 0.6) is 0 Å². The molecular formula is C16H20N2O. The van der Waals surface area contributed by atoms with Crippen LogP contribution in [-0.4, -0.2) is 13.0 Å². The molecule has 0 heterocycles. The van der Waals surface area contributed by atoms with Gasteiger partial charge in [0.1, 0.15) is 5.41 Å². The Morgan fingerprint density at radius 2 is 2.00 bits per heavy atom. The molecule has 2 rings (SSSR count). The molecular weight excluding hydrogens is 236 g/mol. The van der Waals surface area contributed by atoms with E-state index in [1.54, 1.807) is 11.9 Å². The number of hydrogen-bond donors (Lipinski definition) is 0. The van der Waals surface area contributed by atoms with E-state index in [1.165, 1.54) is 5.56 Å². The summed E-state index contributed by atoms with van der Waals surface area (Å²) in [5, 5.41) is 9.22. The second-order valence-corrected chi connectivity index (χ2v) is 5.33. The lowest BCUT2D eigenvalue weighted by atomic mass is 9.69. The third kappa shape index (κ3) is 2.49. The van der Waals surface area contributed by atoms with Crippen LogP contribution in [0.4, 0.5) is 5.69 Å². The Kier molecular flexibility index (Phi) is 3.90. The predicted octanol–water partition coefficient (Wildman–Crippen LogP) is 3.30. The summed E-state index contributed by atoms with van der Waals surface area (Å²) in [6.07, 6.45) is 4.54. The number of rotatable bonds is 4. The Bertz CT molecular complexity index is 494. The van der Waals surface area contributed by atoms with E-state index in [4.69, 9.17) is 0 Å². The highest BCUT2D eigenvalue weighted by Crippen LogP contribution is 2.42. The average molecular weight is 256 g/mol. The summed E-state index contributed by atoms with van der Waals surface area (Å²) in [4.78, 5) is 14.0. The highest BCUT2D eigenvalue weighted by Gasteiger charge is 2.46. The van der Waals surface area contributed by atoms with Gasteiger partial charge in [0.25, 0.3) is 0 Å². The lowest BCUT2D eigenvalue weighted by Crippen LogP contribution is -2.45. The first-order valence-electron chi connectivity index (χ1n) is 6.91. The van der Waals surface area contributed by atoms with Crippen molar-refractivity contribution < 1.29 is 4.79 Å². The van der Waals surface area contributed by atoms with Gasteiger partial charge in [0.15, 0.2) is 0 Å². The Balaban J connectivity index is 2.13. The monoisotopic (exact) mass is 256 g/mol.